The van der Waals surface area contributed by atoms with E-state index in [0.29, 0.717) is 5.82 Å². The van der Waals surface area contributed by atoms with Crippen molar-refractivity contribution in [2.24, 2.45) is 0 Å². The van der Waals surface area contributed by atoms with E-state index in [0.717, 1.165) is 134 Å². The van der Waals surface area contributed by atoms with Crippen molar-refractivity contribution in [2.75, 3.05) is 12.4 Å². The van der Waals surface area contributed by atoms with Gasteiger partial charge in [0, 0.05) is 39.9 Å². The Morgan fingerprint density at radius 3 is 1.51 bits per heavy atom. The molecule has 4 heterocycles. The average molecular weight is 1060 g/mol. The Balaban J connectivity index is 0.000000511. The highest BCUT2D eigenvalue weighted by Gasteiger charge is 2.20. The summed E-state index contributed by atoms with van der Waals surface area (Å²) < 4.78 is 0. The Morgan fingerprint density at radius 1 is 0.494 bits per heavy atom. The number of rotatable bonds is 12. The standard InChI is InChI=1S/C60H44N6.C8H12.C5H10.C2H6/c1-5-14-38(15-6-2)54-36-55(66-60(65-54)40-16-8-7-9-17-40)51-31-27-43-34-41(25-29-49(43)62-51)42-26-30-50-44(35-42)28-33-52(63-50)56-45-18-10-12-20-47(45)57(48-21-13-11-19-46(48)56)53-32-24-39-23-22-37(3)58(61-4)59(39)64-53;1-4-6-8(3)7-5-2;1-3-5-4-2;1-2/h5-36,61H,1H2,2-4H3;4-7H,3H2,1-2H3;3,5H,4H2,1-2H3;1-2H3/b15-6-,38-14+;6-4-,7-5-;5-3-;. The second-order valence-electron chi connectivity index (χ2n) is 19.1. The molecule has 0 amide bonds. The molecule has 0 bridgehead atoms. The quantitative estimate of drug-likeness (QED) is 0.0746. The second-order valence-corrected chi connectivity index (χ2v) is 19.1. The molecule has 81 heavy (non-hydrogen) atoms. The van der Waals surface area contributed by atoms with Gasteiger partial charge in [-0.25, -0.2) is 24.9 Å². The molecule has 0 saturated carbocycles. The summed E-state index contributed by atoms with van der Waals surface area (Å²) >= 11 is 0. The van der Waals surface area contributed by atoms with Crippen LogP contribution in [0, 0.1) is 6.92 Å². The Hall–Kier alpha value is -9.65. The highest BCUT2D eigenvalue weighted by atomic mass is 14.9. The van der Waals surface area contributed by atoms with Gasteiger partial charge in [-0.1, -0.05) is 216 Å². The molecule has 0 aliphatic heterocycles. The third kappa shape index (κ3) is 13.1. The number of anilines is 1. The predicted molar refractivity (Wildman–Crippen MR) is 353 cm³/mol. The van der Waals surface area contributed by atoms with Crippen LogP contribution in [-0.2, 0) is 0 Å². The summed E-state index contributed by atoms with van der Waals surface area (Å²) in [5, 5.41) is 11.2. The highest BCUT2D eigenvalue weighted by Crippen LogP contribution is 2.44. The minimum atomic E-state index is 0.644. The maximum Gasteiger partial charge on any atom is 0.160 e. The zero-order chi connectivity index (χ0) is 57.3. The van der Waals surface area contributed by atoms with Gasteiger partial charge in [-0.15, -0.1) is 0 Å². The topological polar surface area (TPSA) is 76.5 Å². The third-order valence-corrected chi connectivity index (χ3v) is 13.7. The van der Waals surface area contributed by atoms with Gasteiger partial charge >= 0.3 is 0 Å². The molecule has 0 saturated heterocycles. The number of hydrogen-bond acceptors (Lipinski definition) is 6. The summed E-state index contributed by atoms with van der Waals surface area (Å²) in [5.74, 6) is 0.644. The van der Waals surface area contributed by atoms with Crippen molar-refractivity contribution in [3.05, 3.63) is 261 Å². The van der Waals surface area contributed by atoms with E-state index in [2.05, 4.69) is 172 Å². The summed E-state index contributed by atoms with van der Waals surface area (Å²) in [4.78, 5) is 25.8. The molecule has 4 aromatic heterocycles. The van der Waals surface area contributed by atoms with Crippen molar-refractivity contribution in [3.63, 3.8) is 0 Å². The fraction of sp³-hybridized carbons (Fsp3) is 0.133. The van der Waals surface area contributed by atoms with Crippen molar-refractivity contribution >= 4 is 65.5 Å². The maximum atomic E-state index is 5.35. The van der Waals surface area contributed by atoms with Crippen LogP contribution in [0.25, 0.3) is 116 Å². The lowest BCUT2D eigenvalue weighted by molar-refractivity contribution is 1.15. The van der Waals surface area contributed by atoms with Crippen molar-refractivity contribution in [1.82, 2.24) is 24.9 Å². The molecule has 0 unspecified atom stereocenters. The van der Waals surface area contributed by atoms with Gasteiger partial charge in [0.15, 0.2) is 5.82 Å². The van der Waals surface area contributed by atoms with Crippen molar-refractivity contribution in [2.45, 2.75) is 61.8 Å². The molecule has 0 atom stereocenters. The first kappa shape index (κ1) is 57.5. The van der Waals surface area contributed by atoms with E-state index in [-0.39, 0.29) is 0 Å². The van der Waals surface area contributed by atoms with Gasteiger partial charge in [-0.2, -0.15) is 0 Å². The first-order chi connectivity index (χ1) is 39.7. The van der Waals surface area contributed by atoms with Crippen LogP contribution in [-0.4, -0.2) is 32.0 Å². The van der Waals surface area contributed by atoms with E-state index < -0.39 is 0 Å². The third-order valence-electron chi connectivity index (χ3n) is 13.7. The minimum absolute atomic E-state index is 0.644. The molecule has 0 fully saturated rings. The maximum absolute atomic E-state index is 5.35. The predicted octanol–water partition coefficient (Wildman–Crippen LogP) is 21.0. The Morgan fingerprint density at radius 2 is 1.00 bits per heavy atom. The summed E-state index contributed by atoms with van der Waals surface area (Å²) in [6.45, 7) is 23.9. The first-order valence-corrected chi connectivity index (χ1v) is 28.0. The SMILES string of the molecule is C/C=C\CC.C=C(/C=C\C)/C=C\C.C=C/C=C(\C=C/C)c1cc(-c2ccc3cc(-c4ccc5nc(-c6c7ccccc7c(-c7ccc8ccc(C)c(NC)c8n7)c7ccccc67)ccc5c4)ccc3n2)nc(-c2ccccc2)n1.CC. The molecule has 11 rings (SSSR count). The number of hydrogen-bond donors (Lipinski definition) is 1. The van der Waals surface area contributed by atoms with Gasteiger partial charge in [0.2, 0.25) is 0 Å². The number of fused-ring (bicyclic) bond motifs is 5. The fourth-order valence-electron chi connectivity index (χ4n) is 10.0. The fourth-order valence-corrected chi connectivity index (χ4v) is 10.0. The first-order valence-electron chi connectivity index (χ1n) is 28.0. The summed E-state index contributed by atoms with van der Waals surface area (Å²) in [6, 6.07) is 59.5. The van der Waals surface area contributed by atoms with Crippen molar-refractivity contribution in [1.29, 1.82) is 0 Å². The smallest absolute Gasteiger partial charge is 0.160 e. The molecule has 0 aliphatic rings. The van der Waals surface area contributed by atoms with Crippen LogP contribution in [0.1, 0.15) is 66.1 Å². The van der Waals surface area contributed by atoms with Gasteiger partial charge in [-0.3, -0.25) is 0 Å². The Labute approximate surface area is 479 Å². The number of nitrogens with zero attached hydrogens (tertiary/aromatic N) is 5. The van der Waals surface area contributed by atoms with E-state index >= 15 is 0 Å². The van der Waals surface area contributed by atoms with E-state index in [1.807, 2.05) is 134 Å². The number of nitrogens with one attached hydrogen (secondary N) is 1. The minimum Gasteiger partial charge on any atom is -0.386 e. The van der Waals surface area contributed by atoms with Crippen LogP contribution in [0.4, 0.5) is 5.69 Å². The molecule has 0 aliphatic carbocycles. The van der Waals surface area contributed by atoms with Crippen LogP contribution in [0.2, 0.25) is 0 Å². The van der Waals surface area contributed by atoms with Gasteiger partial charge < -0.3 is 5.32 Å². The average Bonchev–Trinajstić information content (AvgIpc) is 3.65. The molecular weight excluding hydrogens is 985 g/mol. The van der Waals surface area contributed by atoms with Crippen LogP contribution >= 0.6 is 0 Å². The Kier molecular flexibility index (Phi) is 19.7. The lowest BCUT2D eigenvalue weighted by atomic mass is 9.88. The summed E-state index contributed by atoms with van der Waals surface area (Å²) in [7, 11) is 1.97. The van der Waals surface area contributed by atoms with Crippen LogP contribution < -0.4 is 5.32 Å². The number of aromatic nitrogens is 5. The van der Waals surface area contributed by atoms with Crippen LogP contribution in [0.3, 0.4) is 0 Å². The van der Waals surface area contributed by atoms with Gasteiger partial charge in [0.25, 0.3) is 0 Å². The zero-order valence-corrected chi connectivity index (χ0v) is 48.3. The molecule has 11 aromatic rings. The molecule has 0 spiro atoms. The van der Waals surface area contributed by atoms with E-state index in [4.69, 9.17) is 24.9 Å². The number of pyridine rings is 3. The molecule has 1 N–H and O–H groups in total. The zero-order valence-electron chi connectivity index (χ0n) is 48.3. The van der Waals surface area contributed by atoms with Crippen molar-refractivity contribution < 1.29 is 0 Å². The normalized spacial score (nSPS) is 11.5. The second kappa shape index (κ2) is 27.8. The molecule has 6 nitrogen and oxygen atoms in total. The lowest BCUT2D eigenvalue weighted by Crippen LogP contribution is -1.99. The van der Waals surface area contributed by atoms with Gasteiger partial charge in [-0.05, 0) is 139 Å². The summed E-state index contributed by atoms with van der Waals surface area (Å²) in [5.41, 5.74) is 16.6. The molecule has 7 aromatic carbocycles. The highest BCUT2D eigenvalue weighted by molar-refractivity contribution is 6.21. The largest absolute Gasteiger partial charge is 0.386 e. The Bertz CT molecular complexity index is 4120. The molecule has 402 valence electrons. The number of benzene rings is 7. The van der Waals surface area contributed by atoms with E-state index in [9.17, 15) is 0 Å². The molecular formula is C75H72N6. The van der Waals surface area contributed by atoms with E-state index in [1.165, 1.54) is 5.56 Å². The summed E-state index contributed by atoms with van der Waals surface area (Å²) in [6.07, 6.45) is 21.0. The van der Waals surface area contributed by atoms with Crippen LogP contribution in [0.15, 0.2) is 249 Å². The van der Waals surface area contributed by atoms with Gasteiger partial charge in [0.1, 0.15) is 0 Å². The monoisotopic (exact) mass is 1060 g/mol. The molecule has 0 radical (unpaired) electrons. The van der Waals surface area contributed by atoms with Gasteiger partial charge in [0.05, 0.1) is 50.7 Å². The lowest BCUT2D eigenvalue weighted by Gasteiger charge is -2.18. The van der Waals surface area contributed by atoms with Crippen molar-refractivity contribution in [3.8, 4) is 56.4 Å². The number of aryl methyl sites for hydroxylation is 1. The van der Waals surface area contributed by atoms with E-state index in [1.54, 1.807) is 6.08 Å². The number of allylic oxidation sites excluding steroid dienone is 12. The van der Waals surface area contributed by atoms with Crippen LogP contribution in [0.5, 0.6) is 0 Å². The molecule has 6 heteroatoms.